The predicted octanol–water partition coefficient (Wildman–Crippen LogP) is 6.30. The van der Waals surface area contributed by atoms with Crippen LogP contribution in [-0.2, 0) is 9.16 Å². The van der Waals surface area contributed by atoms with Crippen LogP contribution in [0.3, 0.4) is 0 Å². The van der Waals surface area contributed by atoms with Gasteiger partial charge in [-0.05, 0) is 27.5 Å². The summed E-state index contributed by atoms with van der Waals surface area (Å²) in [5.74, 6) is 0.455. The van der Waals surface area contributed by atoms with E-state index in [-0.39, 0.29) is 20.8 Å². The Balaban J connectivity index is 1.34. The number of carbonyl (C=O) groups excluding carboxylic acids is 1. The number of ether oxygens (including phenoxy) is 3. The minimum Gasteiger partial charge on any atom is -0.497 e. The SMILES string of the molecule is COc1ccc(C(=O)O[C@@H]2C[C@@H](CO[Si](c3ccccc3)(c3ccccc3)C(C)(C)C)SC2n2cnc3c(Cl)ncnc32)c(OC)c1. The Bertz CT molecular complexity index is 1810. The molecule has 2 aromatic heterocycles. The smallest absolute Gasteiger partial charge is 0.342 e. The zero-order valence-electron chi connectivity index (χ0n) is 26.9. The van der Waals surface area contributed by atoms with Gasteiger partial charge in [0.05, 0.1) is 20.5 Å². The molecule has 1 unspecified atom stereocenters. The molecule has 9 nitrogen and oxygen atoms in total. The van der Waals surface area contributed by atoms with E-state index in [0.29, 0.717) is 41.3 Å². The molecule has 0 amide bonds. The van der Waals surface area contributed by atoms with Crippen LogP contribution in [0.2, 0.25) is 10.2 Å². The van der Waals surface area contributed by atoms with E-state index in [2.05, 4.69) is 84.3 Å². The van der Waals surface area contributed by atoms with Crippen molar-refractivity contribution in [2.45, 2.75) is 49.0 Å². The Kier molecular flexibility index (Phi) is 9.61. The third-order valence-corrected chi connectivity index (χ3v) is 15.3. The van der Waals surface area contributed by atoms with E-state index in [1.165, 1.54) is 23.8 Å². The Morgan fingerprint density at radius 2 is 1.64 bits per heavy atom. The number of rotatable bonds is 10. The molecule has 12 heteroatoms. The molecular formula is C35H37ClN4O5SSi. The maximum Gasteiger partial charge on any atom is 0.342 e. The van der Waals surface area contributed by atoms with Crippen LogP contribution in [0.1, 0.15) is 42.9 Å². The van der Waals surface area contributed by atoms with Crippen molar-refractivity contribution in [1.82, 2.24) is 19.5 Å². The van der Waals surface area contributed by atoms with Crippen molar-refractivity contribution in [3.8, 4) is 11.5 Å². The van der Waals surface area contributed by atoms with Crippen LogP contribution in [-0.4, -0.2) is 66.0 Å². The first-order valence-electron chi connectivity index (χ1n) is 15.3. The lowest BCUT2D eigenvalue weighted by atomic mass is 10.1. The van der Waals surface area contributed by atoms with Gasteiger partial charge in [0.2, 0.25) is 0 Å². The second-order valence-corrected chi connectivity index (χ2v) is 18.4. The van der Waals surface area contributed by atoms with Gasteiger partial charge in [-0.15, -0.1) is 11.8 Å². The molecule has 3 heterocycles. The summed E-state index contributed by atoms with van der Waals surface area (Å²) >= 11 is 8.05. The Hall–Kier alpha value is -3.90. The normalized spacial score (nSPS) is 18.3. The Morgan fingerprint density at radius 3 is 2.26 bits per heavy atom. The number of hydrogen-bond donors (Lipinski definition) is 0. The number of methoxy groups -OCH3 is 2. The molecular weight excluding hydrogens is 652 g/mol. The van der Waals surface area contributed by atoms with Crippen molar-refractivity contribution >= 4 is 59.2 Å². The fourth-order valence-corrected chi connectivity index (χ4v) is 12.7. The summed E-state index contributed by atoms with van der Waals surface area (Å²) in [6.45, 7) is 7.24. The second-order valence-electron chi connectivity index (χ2n) is 12.4. The summed E-state index contributed by atoms with van der Waals surface area (Å²) in [5, 5.41) is 2.15. The average molecular weight is 689 g/mol. The third-order valence-electron chi connectivity index (χ3n) is 8.52. The highest BCUT2D eigenvalue weighted by molar-refractivity contribution is 8.00. The summed E-state index contributed by atoms with van der Waals surface area (Å²) < 4.78 is 26.3. The molecule has 1 fully saturated rings. The van der Waals surface area contributed by atoms with Gasteiger partial charge >= 0.3 is 5.97 Å². The second kappa shape index (κ2) is 13.7. The van der Waals surface area contributed by atoms with E-state index < -0.39 is 20.4 Å². The standard InChI is InChI=1S/C35H37ClN4O5SSi/c1-35(2,3)47(25-12-8-6-9-13-25,26-14-10-7-11-15-26)44-20-24-19-29(45-34(41)27-17-16-23(42-4)18-28(27)43-5)33(46-24)40-22-39-30-31(36)37-21-38-32(30)40/h6-18,21-22,24,29,33H,19-20H2,1-5H3/t24-,29+,33?/m0/s1. The van der Waals surface area contributed by atoms with Crippen LogP contribution in [0.5, 0.6) is 11.5 Å². The predicted molar refractivity (Wildman–Crippen MR) is 188 cm³/mol. The largest absolute Gasteiger partial charge is 0.497 e. The third kappa shape index (κ3) is 6.37. The summed E-state index contributed by atoms with van der Waals surface area (Å²) in [4.78, 5) is 26.8. The summed E-state index contributed by atoms with van der Waals surface area (Å²) in [6.07, 6.45) is 3.12. The van der Waals surface area contributed by atoms with Gasteiger partial charge in [-0.1, -0.05) is 93.0 Å². The first-order chi connectivity index (χ1) is 22.7. The number of halogens is 1. The molecule has 1 aliphatic rings. The van der Waals surface area contributed by atoms with Gasteiger partial charge in [0.25, 0.3) is 8.32 Å². The van der Waals surface area contributed by atoms with Crippen LogP contribution in [0.25, 0.3) is 11.2 Å². The number of esters is 1. The molecule has 47 heavy (non-hydrogen) atoms. The summed E-state index contributed by atoms with van der Waals surface area (Å²) in [7, 11) is 0.285. The van der Waals surface area contributed by atoms with E-state index in [9.17, 15) is 4.79 Å². The Morgan fingerprint density at radius 1 is 0.957 bits per heavy atom. The quantitative estimate of drug-likeness (QED) is 0.0951. The van der Waals surface area contributed by atoms with Crippen molar-refractivity contribution in [1.29, 1.82) is 0 Å². The number of imidazole rings is 1. The van der Waals surface area contributed by atoms with Crippen molar-refractivity contribution < 1.29 is 23.4 Å². The van der Waals surface area contributed by atoms with Gasteiger partial charge in [-0.25, -0.2) is 19.7 Å². The number of benzene rings is 3. The first-order valence-corrected chi connectivity index (χ1v) is 18.6. The highest BCUT2D eigenvalue weighted by atomic mass is 35.5. The van der Waals surface area contributed by atoms with E-state index >= 15 is 0 Å². The van der Waals surface area contributed by atoms with Gasteiger partial charge in [-0.2, -0.15) is 0 Å². The van der Waals surface area contributed by atoms with Gasteiger partial charge in [0.1, 0.15) is 40.4 Å². The average Bonchev–Trinajstić information content (AvgIpc) is 3.69. The molecule has 0 aliphatic carbocycles. The molecule has 1 aliphatic heterocycles. The summed E-state index contributed by atoms with van der Waals surface area (Å²) in [6, 6.07) is 26.2. The molecule has 3 aromatic carbocycles. The van der Waals surface area contributed by atoms with Gasteiger partial charge < -0.3 is 18.6 Å². The molecule has 6 rings (SSSR count). The molecule has 0 spiro atoms. The number of hydrogen-bond acceptors (Lipinski definition) is 9. The first kappa shape index (κ1) is 33.0. The van der Waals surface area contributed by atoms with Crippen molar-refractivity contribution in [3.63, 3.8) is 0 Å². The number of aromatic nitrogens is 4. The zero-order valence-corrected chi connectivity index (χ0v) is 29.5. The van der Waals surface area contributed by atoms with Gasteiger partial charge in [0, 0.05) is 24.3 Å². The van der Waals surface area contributed by atoms with Crippen LogP contribution in [0.4, 0.5) is 0 Å². The van der Waals surface area contributed by atoms with Crippen molar-refractivity contribution in [2.24, 2.45) is 0 Å². The number of fused-ring (bicyclic) bond motifs is 1. The van der Waals surface area contributed by atoms with Crippen LogP contribution in [0.15, 0.2) is 91.5 Å². The Labute approximate surface area is 284 Å². The van der Waals surface area contributed by atoms with Crippen molar-refractivity contribution in [2.75, 3.05) is 20.8 Å². The van der Waals surface area contributed by atoms with E-state index in [0.717, 1.165) is 0 Å². The minimum atomic E-state index is -2.79. The highest BCUT2D eigenvalue weighted by Crippen LogP contribution is 2.46. The lowest BCUT2D eigenvalue weighted by molar-refractivity contribution is 0.0246. The van der Waals surface area contributed by atoms with Crippen LogP contribution >= 0.6 is 23.4 Å². The van der Waals surface area contributed by atoms with E-state index in [1.807, 2.05) is 16.7 Å². The molecule has 3 atom stereocenters. The molecule has 5 aromatic rings. The molecule has 0 N–H and O–H groups in total. The highest BCUT2D eigenvalue weighted by Gasteiger charge is 2.51. The fraction of sp³-hybridized carbons (Fsp3) is 0.314. The van der Waals surface area contributed by atoms with Gasteiger partial charge in [-0.3, -0.25) is 4.57 Å². The molecule has 0 saturated carbocycles. The van der Waals surface area contributed by atoms with Gasteiger partial charge in [0.15, 0.2) is 10.8 Å². The fourth-order valence-electron chi connectivity index (χ4n) is 6.33. The van der Waals surface area contributed by atoms with E-state index in [4.69, 9.17) is 30.2 Å². The molecule has 244 valence electrons. The maximum atomic E-state index is 13.7. The number of carbonyl (C=O) groups is 1. The minimum absolute atomic E-state index is 0.00743. The van der Waals surface area contributed by atoms with Crippen LogP contribution < -0.4 is 19.8 Å². The number of thioether (sulfide) groups is 1. The molecule has 0 radical (unpaired) electrons. The van der Waals surface area contributed by atoms with Crippen LogP contribution in [0, 0.1) is 0 Å². The molecule has 1 saturated heterocycles. The lowest BCUT2D eigenvalue weighted by Crippen LogP contribution is -2.67. The van der Waals surface area contributed by atoms with Crippen molar-refractivity contribution in [3.05, 3.63) is 102 Å². The zero-order chi connectivity index (χ0) is 33.2. The maximum absolute atomic E-state index is 13.7. The lowest BCUT2D eigenvalue weighted by Gasteiger charge is -2.43. The summed E-state index contributed by atoms with van der Waals surface area (Å²) in [5.41, 5.74) is 1.37. The number of nitrogens with zero attached hydrogens (tertiary/aromatic N) is 4. The van der Waals surface area contributed by atoms with E-state index in [1.54, 1.807) is 43.4 Å². The monoisotopic (exact) mass is 688 g/mol. The molecule has 0 bridgehead atoms. The topological polar surface area (TPSA) is 97.6 Å².